The lowest BCUT2D eigenvalue weighted by atomic mass is 9.46. The number of methoxy groups -OCH3 is 1. The van der Waals surface area contributed by atoms with Gasteiger partial charge in [-0.25, -0.2) is 4.39 Å². The van der Waals surface area contributed by atoms with Gasteiger partial charge >= 0.3 is 0 Å². The molecule has 2 aliphatic carbocycles. The zero-order valence-corrected chi connectivity index (χ0v) is 17.9. The third-order valence-electron chi connectivity index (χ3n) is 8.30. The molecule has 154 valence electrons. The lowest BCUT2D eigenvalue weighted by Gasteiger charge is -2.69. The summed E-state index contributed by atoms with van der Waals surface area (Å²) in [5.41, 5.74) is 4.20. The molecule has 2 bridgehead atoms. The summed E-state index contributed by atoms with van der Waals surface area (Å²) in [5, 5.41) is 0. The highest BCUT2D eigenvalue weighted by Gasteiger charge is 2.63. The van der Waals surface area contributed by atoms with Gasteiger partial charge in [0.1, 0.15) is 11.6 Å². The quantitative estimate of drug-likeness (QED) is 0.602. The molecule has 0 N–H and O–H groups in total. The van der Waals surface area contributed by atoms with Gasteiger partial charge in [-0.15, -0.1) is 0 Å². The maximum atomic E-state index is 14.2. The molecule has 0 radical (unpaired) electrons. The highest BCUT2D eigenvalue weighted by molar-refractivity contribution is 5.57. The number of hydrogen-bond donors (Lipinski definition) is 0. The third-order valence-corrected chi connectivity index (χ3v) is 8.30. The van der Waals surface area contributed by atoms with Crippen molar-refractivity contribution in [2.24, 2.45) is 17.3 Å². The fourth-order valence-corrected chi connectivity index (χ4v) is 7.08. The van der Waals surface area contributed by atoms with E-state index in [-0.39, 0.29) is 11.4 Å². The van der Waals surface area contributed by atoms with Crippen molar-refractivity contribution in [3.05, 3.63) is 59.4 Å². The van der Waals surface area contributed by atoms with Gasteiger partial charge in [-0.3, -0.25) is 0 Å². The van der Waals surface area contributed by atoms with Gasteiger partial charge in [0, 0.05) is 12.2 Å². The van der Waals surface area contributed by atoms with E-state index in [0.29, 0.717) is 11.3 Å². The largest absolute Gasteiger partial charge is 0.497 e. The van der Waals surface area contributed by atoms with Crippen molar-refractivity contribution < 1.29 is 9.13 Å². The van der Waals surface area contributed by atoms with Gasteiger partial charge < -0.3 is 9.64 Å². The Bertz CT molecular complexity index is 927. The fraction of sp³-hybridized carbons (Fsp3) is 0.538. The molecule has 2 saturated heterocycles. The van der Waals surface area contributed by atoms with Gasteiger partial charge in [0.2, 0.25) is 0 Å². The van der Waals surface area contributed by atoms with E-state index in [4.69, 9.17) is 4.74 Å². The molecule has 4 aliphatic rings. The minimum absolute atomic E-state index is 0.0226. The Morgan fingerprint density at radius 1 is 1.17 bits per heavy atom. The molecule has 3 heteroatoms. The van der Waals surface area contributed by atoms with Crippen LogP contribution in [0.3, 0.4) is 0 Å². The maximum absolute atomic E-state index is 14.2. The average molecular weight is 394 g/mol. The minimum atomic E-state index is -0.141. The summed E-state index contributed by atoms with van der Waals surface area (Å²) in [6.07, 6.45) is 7.28. The molecular formula is C26H32FNO. The fourth-order valence-electron chi connectivity index (χ4n) is 7.08. The van der Waals surface area contributed by atoms with Crippen LogP contribution in [0.4, 0.5) is 10.1 Å². The number of fused-ring (bicyclic) bond motifs is 3. The molecule has 2 nitrogen and oxygen atoms in total. The monoisotopic (exact) mass is 393 g/mol. The summed E-state index contributed by atoms with van der Waals surface area (Å²) < 4.78 is 19.8. The maximum Gasteiger partial charge on any atom is 0.125 e. The SMILES string of the molecule is CCC[C@H]1[C@@H]2CCc3cc(OC)ccc3[C@@]23CC[C@]1(C)CN3c1cccc(F)c1. The Hall–Kier alpha value is -2.03. The molecule has 4 atom stereocenters. The van der Waals surface area contributed by atoms with Crippen molar-refractivity contribution >= 4 is 5.69 Å². The lowest BCUT2D eigenvalue weighted by molar-refractivity contribution is -0.0641. The topological polar surface area (TPSA) is 12.5 Å². The van der Waals surface area contributed by atoms with Crippen LogP contribution in [0.5, 0.6) is 5.75 Å². The van der Waals surface area contributed by atoms with Crippen LogP contribution < -0.4 is 9.64 Å². The normalized spacial score (nSPS) is 32.6. The first-order valence-corrected chi connectivity index (χ1v) is 11.2. The van der Waals surface area contributed by atoms with Crippen LogP contribution >= 0.6 is 0 Å². The minimum Gasteiger partial charge on any atom is -0.497 e. The second-order valence-electron chi connectivity index (χ2n) is 9.71. The van der Waals surface area contributed by atoms with E-state index in [9.17, 15) is 4.39 Å². The van der Waals surface area contributed by atoms with Gasteiger partial charge in [-0.05, 0) is 90.8 Å². The predicted octanol–water partition coefficient (Wildman–Crippen LogP) is 6.33. The molecule has 2 aliphatic heterocycles. The molecule has 3 fully saturated rings. The second-order valence-corrected chi connectivity index (χ2v) is 9.71. The van der Waals surface area contributed by atoms with Gasteiger partial charge in [0.05, 0.1) is 12.6 Å². The zero-order valence-electron chi connectivity index (χ0n) is 17.9. The van der Waals surface area contributed by atoms with Crippen LogP contribution in [0.25, 0.3) is 0 Å². The third kappa shape index (κ3) is 2.65. The summed E-state index contributed by atoms with van der Waals surface area (Å²) >= 11 is 0. The van der Waals surface area contributed by atoms with Crippen molar-refractivity contribution in [2.45, 2.75) is 57.9 Å². The first-order valence-electron chi connectivity index (χ1n) is 11.2. The van der Waals surface area contributed by atoms with Crippen LogP contribution in [0, 0.1) is 23.1 Å². The lowest BCUT2D eigenvalue weighted by Crippen LogP contribution is -2.69. The highest BCUT2D eigenvalue weighted by Crippen LogP contribution is 2.65. The Morgan fingerprint density at radius 3 is 2.79 bits per heavy atom. The summed E-state index contributed by atoms with van der Waals surface area (Å²) in [4.78, 5) is 2.58. The van der Waals surface area contributed by atoms with Crippen LogP contribution in [0.2, 0.25) is 0 Å². The van der Waals surface area contributed by atoms with Crippen molar-refractivity contribution in [2.75, 3.05) is 18.6 Å². The first kappa shape index (κ1) is 19.0. The first-order chi connectivity index (χ1) is 14.0. The summed E-state index contributed by atoms with van der Waals surface area (Å²) in [6.45, 7) is 5.83. The predicted molar refractivity (Wildman–Crippen MR) is 116 cm³/mol. The molecule has 2 aromatic carbocycles. The van der Waals surface area contributed by atoms with Gasteiger partial charge in [-0.1, -0.05) is 32.4 Å². The Kier molecular flexibility index (Phi) is 4.42. The molecule has 1 saturated carbocycles. The molecule has 29 heavy (non-hydrogen) atoms. The number of anilines is 1. The van der Waals surface area contributed by atoms with Crippen LogP contribution in [0.15, 0.2) is 42.5 Å². The average Bonchev–Trinajstić information content (AvgIpc) is 2.74. The number of aryl methyl sites for hydroxylation is 1. The standard InChI is InChI=1S/C26H32FNO/c1-4-6-23-24-11-9-18-15-21(29-3)10-12-22(18)26(24)14-13-25(23,2)17-28(26)20-8-5-7-19(27)16-20/h5,7-8,10,12,15-16,23-24H,4,6,9,11,13-14,17H2,1-3H3/t23-,24-,25+,26-/m0/s1. The van der Waals surface area contributed by atoms with E-state index in [2.05, 4.69) is 43.0 Å². The highest BCUT2D eigenvalue weighted by atomic mass is 19.1. The molecule has 2 aromatic rings. The summed E-state index contributed by atoms with van der Waals surface area (Å²) in [7, 11) is 1.74. The second kappa shape index (κ2) is 6.75. The summed E-state index contributed by atoms with van der Waals surface area (Å²) in [6, 6.07) is 13.9. The van der Waals surface area contributed by atoms with E-state index in [1.165, 1.54) is 36.8 Å². The molecule has 2 heterocycles. The van der Waals surface area contributed by atoms with E-state index in [1.54, 1.807) is 19.2 Å². The smallest absolute Gasteiger partial charge is 0.125 e. The molecule has 1 spiro atoms. The van der Waals surface area contributed by atoms with Crippen molar-refractivity contribution in [1.29, 1.82) is 0 Å². The Labute approximate surface area is 174 Å². The van der Waals surface area contributed by atoms with Crippen molar-refractivity contribution in [3.8, 4) is 5.75 Å². The van der Waals surface area contributed by atoms with Crippen LogP contribution in [0.1, 0.15) is 57.1 Å². The van der Waals surface area contributed by atoms with E-state index in [1.807, 2.05) is 6.07 Å². The summed E-state index contributed by atoms with van der Waals surface area (Å²) in [5.74, 6) is 2.16. The molecule has 0 aromatic heterocycles. The van der Waals surface area contributed by atoms with E-state index < -0.39 is 0 Å². The number of rotatable bonds is 4. The van der Waals surface area contributed by atoms with E-state index in [0.717, 1.165) is 36.7 Å². The Balaban J connectivity index is 1.71. The number of nitrogens with zero attached hydrogens (tertiary/aromatic N) is 1. The number of hydrogen-bond acceptors (Lipinski definition) is 2. The van der Waals surface area contributed by atoms with Gasteiger partial charge in [0.15, 0.2) is 0 Å². The molecule has 6 rings (SSSR count). The van der Waals surface area contributed by atoms with Gasteiger partial charge in [0.25, 0.3) is 0 Å². The van der Waals surface area contributed by atoms with Crippen LogP contribution in [-0.4, -0.2) is 13.7 Å². The Morgan fingerprint density at radius 2 is 2.03 bits per heavy atom. The van der Waals surface area contributed by atoms with Crippen molar-refractivity contribution in [3.63, 3.8) is 0 Å². The number of ether oxygens (including phenoxy) is 1. The number of benzene rings is 2. The zero-order chi connectivity index (χ0) is 20.2. The molecular weight excluding hydrogens is 361 g/mol. The van der Waals surface area contributed by atoms with Crippen LogP contribution in [-0.2, 0) is 12.0 Å². The van der Waals surface area contributed by atoms with Crippen molar-refractivity contribution in [1.82, 2.24) is 0 Å². The van der Waals surface area contributed by atoms with E-state index >= 15 is 0 Å². The number of halogens is 1. The van der Waals surface area contributed by atoms with Gasteiger partial charge in [-0.2, -0.15) is 0 Å². The number of piperidine rings is 2. The molecule has 0 unspecified atom stereocenters. The molecule has 0 amide bonds.